The van der Waals surface area contributed by atoms with Crippen molar-refractivity contribution in [1.29, 1.82) is 0 Å². The Balaban J connectivity index is 2.16. The maximum absolute atomic E-state index is 11.8. The summed E-state index contributed by atoms with van der Waals surface area (Å²) in [4.78, 5) is 13.4. The van der Waals surface area contributed by atoms with Gasteiger partial charge in [-0.25, -0.2) is 4.79 Å². The quantitative estimate of drug-likeness (QED) is 0.886. The lowest BCUT2D eigenvalue weighted by Gasteiger charge is -2.20. The van der Waals surface area contributed by atoms with Crippen LogP contribution in [0.3, 0.4) is 0 Å². The summed E-state index contributed by atoms with van der Waals surface area (Å²) in [6.45, 7) is 2.27. The van der Waals surface area contributed by atoms with Crippen molar-refractivity contribution in [1.82, 2.24) is 0 Å². The van der Waals surface area contributed by atoms with Gasteiger partial charge in [-0.15, -0.1) is 0 Å². The zero-order valence-corrected chi connectivity index (χ0v) is 10.5. The van der Waals surface area contributed by atoms with Gasteiger partial charge in [-0.05, 0) is 31.2 Å². The number of nitrogens with zero attached hydrogens (tertiary/aromatic N) is 1. The molecule has 1 aromatic rings. The van der Waals surface area contributed by atoms with Gasteiger partial charge in [0.15, 0.2) is 0 Å². The van der Waals surface area contributed by atoms with Crippen molar-refractivity contribution in [2.24, 2.45) is 0 Å². The van der Waals surface area contributed by atoms with Crippen LogP contribution in [-0.2, 0) is 4.74 Å². The van der Waals surface area contributed by atoms with Crippen molar-refractivity contribution >= 4 is 11.8 Å². The van der Waals surface area contributed by atoms with E-state index in [1.54, 1.807) is 24.1 Å². The number of aliphatic hydroxyl groups excluding tert-OH is 1. The van der Waals surface area contributed by atoms with E-state index < -0.39 is 5.60 Å². The molecule has 0 aromatic heterocycles. The minimum absolute atomic E-state index is 0.000231. The van der Waals surface area contributed by atoms with Crippen molar-refractivity contribution in [3.8, 4) is 5.75 Å². The van der Waals surface area contributed by atoms with Crippen molar-refractivity contribution in [3.63, 3.8) is 0 Å². The summed E-state index contributed by atoms with van der Waals surface area (Å²) in [6.07, 6.45) is 0.0573. The van der Waals surface area contributed by atoms with Gasteiger partial charge >= 0.3 is 6.09 Å². The molecule has 1 fully saturated rings. The van der Waals surface area contributed by atoms with E-state index in [9.17, 15) is 4.79 Å². The van der Waals surface area contributed by atoms with Crippen LogP contribution < -0.4 is 9.64 Å². The maximum atomic E-state index is 11.8. The summed E-state index contributed by atoms with van der Waals surface area (Å²) in [5, 5.41) is 8.98. The zero-order chi connectivity index (χ0) is 13.2. The minimum Gasteiger partial charge on any atom is -0.497 e. The second-order valence-electron chi connectivity index (χ2n) is 4.58. The molecule has 1 atom stereocenters. The van der Waals surface area contributed by atoms with Crippen molar-refractivity contribution in [3.05, 3.63) is 24.3 Å². The number of aliphatic hydroxyl groups is 1. The Morgan fingerprint density at radius 2 is 2.11 bits per heavy atom. The normalized spacial score (nSPS) is 23.1. The number of hydrogen-bond acceptors (Lipinski definition) is 4. The van der Waals surface area contributed by atoms with Crippen LogP contribution in [0.4, 0.5) is 10.5 Å². The van der Waals surface area contributed by atoms with E-state index in [-0.39, 0.29) is 12.7 Å². The number of carbonyl (C=O) groups excluding carboxylic acids is 1. The third-order valence-corrected chi connectivity index (χ3v) is 3.07. The second-order valence-corrected chi connectivity index (χ2v) is 4.58. The lowest BCUT2D eigenvalue weighted by Crippen LogP contribution is -2.32. The molecule has 0 spiro atoms. The van der Waals surface area contributed by atoms with E-state index in [0.29, 0.717) is 13.0 Å². The lowest BCUT2D eigenvalue weighted by molar-refractivity contribution is 0.0502. The molecule has 98 valence electrons. The molecule has 2 rings (SSSR count). The van der Waals surface area contributed by atoms with E-state index in [1.165, 1.54) is 0 Å². The van der Waals surface area contributed by atoms with Gasteiger partial charge in [0.25, 0.3) is 0 Å². The van der Waals surface area contributed by atoms with Gasteiger partial charge in [0.2, 0.25) is 0 Å². The van der Waals surface area contributed by atoms with E-state index in [2.05, 4.69) is 0 Å². The van der Waals surface area contributed by atoms with Crippen LogP contribution in [0.25, 0.3) is 0 Å². The molecule has 1 saturated heterocycles. The SMILES string of the molecule is COc1ccc(N2CC(C)(CCO)OC2=O)cc1. The predicted octanol–water partition coefficient (Wildman–Crippen LogP) is 1.79. The molecule has 18 heavy (non-hydrogen) atoms. The van der Waals surface area contributed by atoms with Gasteiger partial charge < -0.3 is 14.6 Å². The number of rotatable bonds is 4. The first kappa shape index (κ1) is 12.7. The zero-order valence-electron chi connectivity index (χ0n) is 10.5. The van der Waals surface area contributed by atoms with Crippen molar-refractivity contribution < 1.29 is 19.4 Å². The molecule has 0 aliphatic carbocycles. The summed E-state index contributed by atoms with van der Waals surface area (Å²) < 4.78 is 10.4. The van der Waals surface area contributed by atoms with Gasteiger partial charge in [-0.1, -0.05) is 0 Å². The van der Waals surface area contributed by atoms with Crippen LogP contribution in [0.15, 0.2) is 24.3 Å². The third-order valence-electron chi connectivity index (χ3n) is 3.07. The molecule has 1 N–H and O–H groups in total. The molecule has 1 aromatic carbocycles. The second kappa shape index (κ2) is 4.86. The van der Waals surface area contributed by atoms with Crippen LogP contribution in [0.1, 0.15) is 13.3 Å². The molecule has 1 heterocycles. The molecule has 1 aliphatic rings. The third kappa shape index (κ3) is 2.41. The van der Waals surface area contributed by atoms with Crippen LogP contribution in [0.2, 0.25) is 0 Å². The Kier molecular flexibility index (Phi) is 3.43. The summed E-state index contributed by atoms with van der Waals surface area (Å²) >= 11 is 0. The minimum atomic E-state index is -0.619. The molecule has 0 bridgehead atoms. The van der Waals surface area contributed by atoms with E-state index in [0.717, 1.165) is 11.4 Å². The Bertz CT molecular complexity index is 431. The fourth-order valence-electron chi connectivity index (χ4n) is 2.02. The van der Waals surface area contributed by atoms with E-state index in [1.807, 2.05) is 19.1 Å². The summed E-state index contributed by atoms with van der Waals surface area (Å²) in [5.41, 5.74) is 0.147. The number of benzene rings is 1. The molecule has 1 amide bonds. The van der Waals surface area contributed by atoms with E-state index >= 15 is 0 Å². The molecule has 1 aliphatic heterocycles. The summed E-state index contributed by atoms with van der Waals surface area (Å²) in [6, 6.07) is 7.21. The number of methoxy groups -OCH3 is 1. The number of carbonyl (C=O) groups is 1. The Morgan fingerprint density at radius 3 is 2.67 bits per heavy atom. The predicted molar refractivity (Wildman–Crippen MR) is 66.9 cm³/mol. The highest BCUT2D eigenvalue weighted by Crippen LogP contribution is 2.30. The Hall–Kier alpha value is -1.75. The highest BCUT2D eigenvalue weighted by atomic mass is 16.6. The fourth-order valence-corrected chi connectivity index (χ4v) is 2.02. The number of anilines is 1. The van der Waals surface area contributed by atoms with Crippen LogP contribution in [0, 0.1) is 0 Å². The monoisotopic (exact) mass is 251 g/mol. The first-order valence-corrected chi connectivity index (χ1v) is 5.83. The first-order valence-electron chi connectivity index (χ1n) is 5.83. The number of ether oxygens (including phenoxy) is 2. The highest BCUT2D eigenvalue weighted by molar-refractivity contribution is 5.90. The van der Waals surface area contributed by atoms with Crippen molar-refractivity contribution in [2.75, 3.05) is 25.2 Å². The van der Waals surface area contributed by atoms with Crippen LogP contribution in [0.5, 0.6) is 5.75 Å². The van der Waals surface area contributed by atoms with Crippen LogP contribution >= 0.6 is 0 Å². The average molecular weight is 251 g/mol. The van der Waals surface area contributed by atoms with Crippen molar-refractivity contribution in [2.45, 2.75) is 18.9 Å². The lowest BCUT2D eigenvalue weighted by atomic mass is 10.0. The largest absolute Gasteiger partial charge is 0.497 e. The standard InChI is InChI=1S/C13H17NO4/c1-13(7-8-15)9-14(12(16)18-13)10-3-5-11(17-2)6-4-10/h3-6,15H,7-9H2,1-2H3. The molecule has 5 nitrogen and oxygen atoms in total. The number of amides is 1. The van der Waals surface area contributed by atoms with Gasteiger partial charge in [0.1, 0.15) is 11.4 Å². The molecular weight excluding hydrogens is 234 g/mol. The molecule has 5 heteroatoms. The smallest absolute Gasteiger partial charge is 0.415 e. The summed E-state index contributed by atoms with van der Waals surface area (Å²) in [7, 11) is 1.59. The average Bonchev–Trinajstić information content (AvgIpc) is 2.65. The first-order chi connectivity index (χ1) is 8.58. The number of hydrogen-bond donors (Lipinski definition) is 1. The number of cyclic esters (lactones) is 1. The molecular formula is C13H17NO4. The summed E-state index contributed by atoms with van der Waals surface area (Å²) in [5.74, 6) is 0.740. The highest BCUT2D eigenvalue weighted by Gasteiger charge is 2.41. The molecule has 0 saturated carbocycles. The van der Waals surface area contributed by atoms with Gasteiger partial charge in [-0.2, -0.15) is 0 Å². The molecule has 1 unspecified atom stereocenters. The van der Waals surface area contributed by atoms with Gasteiger partial charge in [0, 0.05) is 18.7 Å². The Labute approximate surface area is 106 Å². The Morgan fingerprint density at radius 1 is 1.44 bits per heavy atom. The van der Waals surface area contributed by atoms with Crippen LogP contribution in [-0.4, -0.2) is 37.1 Å². The maximum Gasteiger partial charge on any atom is 0.415 e. The fraction of sp³-hybridized carbons (Fsp3) is 0.462. The van der Waals surface area contributed by atoms with Gasteiger partial charge in [0.05, 0.1) is 13.7 Å². The molecule has 0 radical (unpaired) electrons. The van der Waals surface area contributed by atoms with E-state index in [4.69, 9.17) is 14.6 Å². The van der Waals surface area contributed by atoms with Gasteiger partial charge in [-0.3, -0.25) is 4.90 Å². The topological polar surface area (TPSA) is 59.0 Å².